The molecule has 10 heavy (non-hydrogen) atoms. The Labute approximate surface area is 56.6 Å². The van der Waals surface area contributed by atoms with Gasteiger partial charge >= 0.3 is 5.97 Å². The first-order valence-corrected chi connectivity index (χ1v) is 2.39. The maximum atomic E-state index is 10.3. The molecule has 0 aromatic rings. The summed E-state index contributed by atoms with van der Waals surface area (Å²) < 4.78 is 3.93. The molecule has 0 radical (unpaired) electrons. The van der Waals surface area contributed by atoms with Gasteiger partial charge in [-0.15, -0.1) is 0 Å². The van der Waals surface area contributed by atoms with Crippen LogP contribution in [0, 0.1) is 0 Å². The Morgan fingerprint density at radius 1 is 1.40 bits per heavy atom. The van der Waals surface area contributed by atoms with Crippen molar-refractivity contribution in [2.24, 2.45) is 0 Å². The van der Waals surface area contributed by atoms with E-state index in [-0.39, 0.29) is 0 Å². The highest BCUT2D eigenvalue weighted by Crippen LogP contribution is 1.83. The van der Waals surface area contributed by atoms with Crippen LogP contribution in [-0.2, 0) is 19.1 Å². The number of hydrogen-bond donors (Lipinski definition) is 0. The SMILES string of the molecule is COC(=O)C(=O)CC(=O)[O-]. The van der Waals surface area contributed by atoms with Gasteiger partial charge in [0.1, 0.15) is 0 Å². The molecule has 5 heteroatoms. The van der Waals surface area contributed by atoms with Crippen molar-refractivity contribution in [1.82, 2.24) is 0 Å². The number of esters is 1. The van der Waals surface area contributed by atoms with Crippen LogP contribution < -0.4 is 5.11 Å². The summed E-state index contributed by atoms with van der Waals surface area (Å²) in [6, 6.07) is 0. The Morgan fingerprint density at radius 2 is 1.90 bits per heavy atom. The first-order chi connectivity index (χ1) is 4.57. The van der Waals surface area contributed by atoms with Crippen LogP contribution in [0.25, 0.3) is 0 Å². The summed E-state index contributed by atoms with van der Waals surface area (Å²) in [7, 11) is 0.996. The van der Waals surface area contributed by atoms with Gasteiger partial charge in [-0.1, -0.05) is 0 Å². The maximum Gasteiger partial charge on any atom is 0.374 e. The molecule has 0 amide bonds. The van der Waals surface area contributed by atoms with Gasteiger partial charge in [-0.05, 0) is 0 Å². The van der Waals surface area contributed by atoms with Gasteiger partial charge in [-0.3, -0.25) is 4.79 Å². The zero-order valence-corrected chi connectivity index (χ0v) is 5.25. The summed E-state index contributed by atoms with van der Waals surface area (Å²) in [5.74, 6) is -3.86. The molecule has 56 valence electrons. The predicted molar refractivity (Wildman–Crippen MR) is 26.6 cm³/mol. The van der Waals surface area contributed by atoms with Gasteiger partial charge in [0.05, 0.1) is 13.5 Å². The molecule has 0 bridgehead atoms. The second-order valence-corrected chi connectivity index (χ2v) is 1.46. The van der Waals surface area contributed by atoms with E-state index in [1.54, 1.807) is 0 Å². The summed E-state index contributed by atoms with van der Waals surface area (Å²) in [5, 5.41) is 9.69. The molecule has 0 aliphatic rings. The van der Waals surface area contributed by atoms with Gasteiger partial charge in [-0.25, -0.2) is 4.79 Å². The van der Waals surface area contributed by atoms with Crippen LogP contribution in [0.1, 0.15) is 6.42 Å². The minimum atomic E-state index is -1.59. The highest BCUT2D eigenvalue weighted by atomic mass is 16.5. The number of carboxylic acids is 1. The molecule has 0 saturated heterocycles. The fourth-order valence-electron chi connectivity index (χ4n) is 0.317. The van der Waals surface area contributed by atoms with Gasteiger partial charge in [0, 0.05) is 5.97 Å². The molecule has 0 unspecified atom stereocenters. The lowest BCUT2D eigenvalue weighted by molar-refractivity contribution is -0.304. The molecule has 0 spiro atoms. The first-order valence-electron chi connectivity index (χ1n) is 2.39. The molecule has 0 aromatic heterocycles. The normalized spacial score (nSPS) is 8.50. The first kappa shape index (κ1) is 8.61. The quantitative estimate of drug-likeness (QED) is 0.257. The average Bonchev–Trinajstić information content (AvgIpc) is 1.85. The number of hydrogen-bond acceptors (Lipinski definition) is 5. The summed E-state index contributed by atoms with van der Waals surface area (Å²) in [5.41, 5.74) is 0. The van der Waals surface area contributed by atoms with Crippen LogP contribution in [0.5, 0.6) is 0 Å². The van der Waals surface area contributed by atoms with Gasteiger partial charge in [0.2, 0.25) is 5.78 Å². The Balaban J connectivity index is 3.86. The van der Waals surface area contributed by atoms with E-state index >= 15 is 0 Å². The van der Waals surface area contributed by atoms with Crippen molar-refractivity contribution in [1.29, 1.82) is 0 Å². The number of Topliss-reactive ketones (excluding diaryl/α,β-unsaturated/α-hetero) is 1. The van der Waals surface area contributed by atoms with Crippen molar-refractivity contribution in [3.8, 4) is 0 Å². The van der Waals surface area contributed by atoms with Gasteiger partial charge in [-0.2, -0.15) is 0 Å². The minimum absolute atomic E-state index is 0.924. The largest absolute Gasteiger partial charge is 0.550 e. The van der Waals surface area contributed by atoms with E-state index in [9.17, 15) is 19.5 Å². The van der Waals surface area contributed by atoms with Crippen molar-refractivity contribution < 1.29 is 24.2 Å². The van der Waals surface area contributed by atoms with Crippen molar-refractivity contribution in [2.45, 2.75) is 6.42 Å². The zero-order chi connectivity index (χ0) is 8.15. The summed E-state index contributed by atoms with van der Waals surface area (Å²) in [6.07, 6.45) is -0.924. The lowest BCUT2D eigenvalue weighted by Crippen LogP contribution is -2.29. The minimum Gasteiger partial charge on any atom is -0.550 e. The highest BCUT2D eigenvalue weighted by molar-refractivity contribution is 6.36. The van der Waals surface area contributed by atoms with Crippen LogP contribution in [0.2, 0.25) is 0 Å². The van der Waals surface area contributed by atoms with E-state index in [4.69, 9.17) is 0 Å². The summed E-state index contributed by atoms with van der Waals surface area (Å²) >= 11 is 0. The zero-order valence-electron chi connectivity index (χ0n) is 5.25. The number of aliphatic carboxylic acids is 1. The van der Waals surface area contributed by atoms with E-state index in [1.807, 2.05) is 0 Å². The average molecular weight is 145 g/mol. The molecular weight excluding hydrogens is 140 g/mol. The second-order valence-electron chi connectivity index (χ2n) is 1.46. The van der Waals surface area contributed by atoms with Crippen LogP contribution in [-0.4, -0.2) is 24.8 Å². The van der Waals surface area contributed by atoms with Crippen LogP contribution in [0.15, 0.2) is 0 Å². The molecule has 0 atom stereocenters. The molecule has 0 aliphatic carbocycles. The molecule has 5 nitrogen and oxygen atoms in total. The Kier molecular flexibility index (Phi) is 3.10. The fraction of sp³-hybridized carbons (Fsp3) is 0.400. The van der Waals surface area contributed by atoms with Crippen molar-refractivity contribution in [3.05, 3.63) is 0 Å². The topological polar surface area (TPSA) is 83.5 Å². The fourth-order valence-corrected chi connectivity index (χ4v) is 0.317. The number of ketones is 1. The third kappa shape index (κ3) is 2.81. The van der Waals surface area contributed by atoms with Crippen LogP contribution >= 0.6 is 0 Å². The van der Waals surface area contributed by atoms with Crippen molar-refractivity contribution in [2.75, 3.05) is 7.11 Å². The lowest BCUT2D eigenvalue weighted by Gasteiger charge is -1.97. The van der Waals surface area contributed by atoms with Crippen LogP contribution in [0.4, 0.5) is 0 Å². The predicted octanol–water partition coefficient (Wildman–Crippen LogP) is -2.13. The summed E-state index contributed by atoms with van der Waals surface area (Å²) in [6.45, 7) is 0. The number of carbonyl (C=O) groups is 3. The van der Waals surface area contributed by atoms with Crippen molar-refractivity contribution >= 4 is 17.7 Å². The Morgan fingerprint density at radius 3 is 2.20 bits per heavy atom. The third-order valence-corrected chi connectivity index (χ3v) is 0.718. The van der Waals surface area contributed by atoms with Gasteiger partial charge in [0.25, 0.3) is 0 Å². The molecule has 0 aromatic carbocycles. The smallest absolute Gasteiger partial charge is 0.374 e. The highest BCUT2D eigenvalue weighted by Gasteiger charge is 2.12. The molecular formula is C5H5O5-. The van der Waals surface area contributed by atoms with E-state index in [0.717, 1.165) is 7.11 Å². The number of rotatable bonds is 3. The van der Waals surface area contributed by atoms with E-state index < -0.39 is 24.1 Å². The lowest BCUT2D eigenvalue weighted by atomic mass is 10.3. The second kappa shape index (κ2) is 3.60. The van der Waals surface area contributed by atoms with E-state index in [0.29, 0.717) is 0 Å². The summed E-state index contributed by atoms with van der Waals surface area (Å²) in [4.78, 5) is 30.2. The number of methoxy groups -OCH3 is 1. The molecule has 0 rings (SSSR count). The molecule has 0 fully saturated rings. The number of carbonyl (C=O) groups excluding carboxylic acids is 3. The van der Waals surface area contributed by atoms with E-state index in [2.05, 4.69) is 4.74 Å². The maximum absolute atomic E-state index is 10.3. The number of carboxylic acid groups (broad SMARTS) is 1. The molecule has 0 saturated carbocycles. The van der Waals surface area contributed by atoms with Crippen molar-refractivity contribution in [3.63, 3.8) is 0 Å². The third-order valence-electron chi connectivity index (χ3n) is 0.718. The molecule has 0 aliphatic heterocycles. The van der Waals surface area contributed by atoms with Crippen LogP contribution in [0.3, 0.4) is 0 Å². The monoisotopic (exact) mass is 145 g/mol. The molecule has 0 N–H and O–H groups in total. The Hall–Kier alpha value is -1.39. The Bertz CT molecular complexity index is 171. The number of ether oxygens (including phenoxy) is 1. The standard InChI is InChI=1S/C5H6O5/c1-10-5(9)3(6)2-4(7)8/h2H2,1H3,(H,7,8)/p-1. The van der Waals surface area contributed by atoms with E-state index in [1.165, 1.54) is 0 Å². The molecule has 0 heterocycles. The van der Waals surface area contributed by atoms with Gasteiger partial charge < -0.3 is 14.6 Å². The van der Waals surface area contributed by atoms with Gasteiger partial charge in [0.15, 0.2) is 0 Å².